The third-order valence-corrected chi connectivity index (χ3v) is 3.06. The number of fused-ring (bicyclic) bond motifs is 1. The Labute approximate surface area is 134 Å². The van der Waals surface area contributed by atoms with E-state index < -0.39 is 23.3 Å². The van der Waals surface area contributed by atoms with E-state index in [-0.39, 0.29) is 22.8 Å². The Kier molecular flexibility index (Phi) is 4.37. The minimum absolute atomic E-state index is 0.0116. The van der Waals surface area contributed by atoms with E-state index in [4.69, 9.17) is 9.47 Å². The molecule has 0 atom stereocenters. The van der Waals surface area contributed by atoms with Crippen LogP contribution in [0.25, 0.3) is 10.9 Å². The minimum Gasteiger partial charge on any atom is -0.485 e. The van der Waals surface area contributed by atoms with Gasteiger partial charge in [0.1, 0.15) is 5.60 Å². The lowest BCUT2D eigenvalue weighted by Gasteiger charge is -2.22. The molecule has 0 N–H and O–H groups in total. The van der Waals surface area contributed by atoms with Gasteiger partial charge >= 0.3 is 6.09 Å². The van der Waals surface area contributed by atoms with Crippen molar-refractivity contribution in [3.8, 4) is 5.75 Å². The molecule has 4 nitrogen and oxygen atoms in total. The summed E-state index contributed by atoms with van der Waals surface area (Å²) >= 11 is 0. The number of hydrogen-bond acceptors (Lipinski definition) is 3. The van der Waals surface area contributed by atoms with E-state index in [1.807, 2.05) is 0 Å². The summed E-state index contributed by atoms with van der Waals surface area (Å²) < 4.78 is 40.7. The summed E-state index contributed by atoms with van der Waals surface area (Å²) in [5.41, 5.74) is -0.432. The first-order valence-corrected chi connectivity index (χ1v) is 7.41. The van der Waals surface area contributed by atoms with Crippen LogP contribution in [0.2, 0.25) is 0 Å². The van der Waals surface area contributed by atoms with Crippen LogP contribution in [0.1, 0.15) is 40.3 Å². The predicted octanol–water partition coefficient (Wildman–Crippen LogP) is 4.80. The van der Waals surface area contributed by atoms with E-state index >= 15 is 0 Å². The Morgan fingerprint density at radius 3 is 2.35 bits per heavy atom. The lowest BCUT2D eigenvalue weighted by molar-refractivity contribution is 0.117. The summed E-state index contributed by atoms with van der Waals surface area (Å²) in [6.45, 7) is 10.2. The highest BCUT2D eigenvalue weighted by molar-refractivity contribution is 5.92. The fraction of sp³-hybridized carbons (Fsp3) is 0.471. The summed E-state index contributed by atoms with van der Waals surface area (Å²) in [7, 11) is 0. The molecule has 1 aromatic heterocycles. The van der Waals surface area contributed by atoms with Crippen molar-refractivity contribution in [1.29, 1.82) is 0 Å². The number of benzene rings is 1. The molecule has 0 fully saturated rings. The Morgan fingerprint density at radius 2 is 1.83 bits per heavy atom. The maximum absolute atomic E-state index is 14.6. The van der Waals surface area contributed by atoms with E-state index in [1.165, 1.54) is 6.07 Å². The molecule has 1 aromatic carbocycles. The van der Waals surface area contributed by atoms with Crippen molar-refractivity contribution in [3.05, 3.63) is 29.5 Å². The van der Waals surface area contributed by atoms with Crippen molar-refractivity contribution >= 4 is 17.0 Å². The van der Waals surface area contributed by atoms with Crippen LogP contribution in [0.4, 0.5) is 13.6 Å². The molecule has 0 spiro atoms. The van der Waals surface area contributed by atoms with Gasteiger partial charge in [0.15, 0.2) is 17.4 Å². The fourth-order valence-electron chi connectivity index (χ4n) is 2.31. The third kappa shape index (κ3) is 3.46. The van der Waals surface area contributed by atoms with Gasteiger partial charge in [-0.05, 0) is 47.6 Å². The molecule has 0 saturated heterocycles. The predicted molar refractivity (Wildman–Crippen MR) is 84.0 cm³/mol. The topological polar surface area (TPSA) is 40.5 Å². The average molecular weight is 325 g/mol. The van der Waals surface area contributed by atoms with Gasteiger partial charge in [0.05, 0.1) is 11.6 Å². The SMILES string of the molecule is Cc1cc2c(F)c(OC(C)(C)C)cc(F)c2n1C(=O)OC(C)C. The monoisotopic (exact) mass is 325 g/mol. The molecule has 2 aromatic rings. The minimum atomic E-state index is -0.741. The van der Waals surface area contributed by atoms with E-state index in [0.717, 1.165) is 10.6 Å². The molecule has 126 valence electrons. The second kappa shape index (κ2) is 5.83. The zero-order valence-electron chi connectivity index (χ0n) is 14.2. The maximum atomic E-state index is 14.6. The number of aryl methyl sites for hydroxylation is 1. The molecule has 0 saturated carbocycles. The van der Waals surface area contributed by atoms with Crippen molar-refractivity contribution in [3.63, 3.8) is 0 Å². The molecule has 6 heteroatoms. The summed E-state index contributed by atoms with van der Waals surface area (Å²) in [6.07, 6.45) is -1.11. The smallest absolute Gasteiger partial charge is 0.419 e. The Bertz CT molecular complexity index is 758. The van der Waals surface area contributed by atoms with E-state index in [1.54, 1.807) is 41.5 Å². The zero-order chi connectivity index (χ0) is 17.5. The number of halogens is 2. The molecule has 2 rings (SSSR count). The van der Waals surface area contributed by atoms with Gasteiger partial charge in [-0.15, -0.1) is 0 Å². The number of hydrogen-bond donors (Lipinski definition) is 0. The molecule has 0 radical (unpaired) electrons. The Hall–Kier alpha value is -2.11. The normalized spacial score (nSPS) is 12.0. The lowest BCUT2D eigenvalue weighted by atomic mass is 10.1. The van der Waals surface area contributed by atoms with Crippen molar-refractivity contribution in [2.45, 2.75) is 53.2 Å². The highest BCUT2D eigenvalue weighted by atomic mass is 19.1. The first-order chi connectivity index (χ1) is 10.5. The van der Waals surface area contributed by atoms with Gasteiger partial charge in [0.2, 0.25) is 0 Å². The summed E-state index contributed by atoms with van der Waals surface area (Å²) in [6, 6.07) is 2.37. The Balaban J connectivity index is 2.64. The van der Waals surface area contributed by atoms with Gasteiger partial charge in [-0.2, -0.15) is 0 Å². The van der Waals surface area contributed by atoms with Gasteiger partial charge in [0.25, 0.3) is 0 Å². The average Bonchev–Trinajstić information content (AvgIpc) is 2.71. The van der Waals surface area contributed by atoms with Gasteiger partial charge in [-0.1, -0.05) is 0 Å². The van der Waals surface area contributed by atoms with E-state index in [0.29, 0.717) is 5.69 Å². The molecular formula is C17H21F2NO3. The number of ether oxygens (including phenoxy) is 2. The number of carbonyl (C=O) groups is 1. The fourth-order valence-corrected chi connectivity index (χ4v) is 2.31. The third-order valence-electron chi connectivity index (χ3n) is 3.06. The van der Waals surface area contributed by atoms with E-state index in [9.17, 15) is 13.6 Å². The van der Waals surface area contributed by atoms with Crippen LogP contribution in [-0.2, 0) is 4.74 Å². The van der Waals surface area contributed by atoms with Gasteiger partial charge in [-0.3, -0.25) is 0 Å². The van der Waals surface area contributed by atoms with Gasteiger partial charge in [-0.25, -0.2) is 18.1 Å². The molecule has 0 aliphatic rings. The molecule has 0 aliphatic carbocycles. The van der Waals surface area contributed by atoms with Crippen LogP contribution >= 0.6 is 0 Å². The highest BCUT2D eigenvalue weighted by Gasteiger charge is 2.25. The summed E-state index contributed by atoms with van der Waals surface area (Å²) in [5.74, 6) is -1.62. The van der Waals surface area contributed by atoms with Crippen LogP contribution in [0, 0.1) is 18.6 Å². The molecule has 0 aliphatic heterocycles. The number of aromatic nitrogens is 1. The molecule has 1 heterocycles. The molecule has 0 bridgehead atoms. The zero-order valence-corrected chi connectivity index (χ0v) is 14.2. The van der Waals surface area contributed by atoms with E-state index in [2.05, 4.69) is 0 Å². The van der Waals surface area contributed by atoms with Crippen LogP contribution in [-0.4, -0.2) is 22.4 Å². The van der Waals surface area contributed by atoms with Crippen molar-refractivity contribution in [2.24, 2.45) is 0 Å². The molecular weight excluding hydrogens is 304 g/mol. The highest BCUT2D eigenvalue weighted by Crippen LogP contribution is 2.33. The number of rotatable bonds is 2. The van der Waals surface area contributed by atoms with Crippen molar-refractivity contribution < 1.29 is 23.0 Å². The summed E-state index contributed by atoms with van der Waals surface area (Å²) in [5, 5.41) is -0.0116. The van der Waals surface area contributed by atoms with Crippen molar-refractivity contribution in [2.75, 3.05) is 0 Å². The first-order valence-electron chi connectivity index (χ1n) is 7.41. The van der Waals surface area contributed by atoms with Crippen LogP contribution in [0.15, 0.2) is 12.1 Å². The van der Waals surface area contributed by atoms with Crippen LogP contribution in [0.3, 0.4) is 0 Å². The first kappa shape index (κ1) is 17.2. The second-order valence-corrected chi connectivity index (χ2v) is 6.70. The van der Waals surface area contributed by atoms with Gasteiger partial charge in [0, 0.05) is 17.1 Å². The quantitative estimate of drug-likeness (QED) is 0.796. The standard InChI is InChI=1S/C17H21F2NO3/c1-9(2)22-16(21)20-10(3)7-11-14(19)13(23-17(4,5)6)8-12(18)15(11)20/h7-9H,1-6H3. The number of carbonyl (C=O) groups excluding carboxylic acids is 1. The largest absolute Gasteiger partial charge is 0.485 e. The summed E-state index contributed by atoms with van der Waals surface area (Å²) in [4.78, 5) is 12.1. The Morgan fingerprint density at radius 1 is 1.22 bits per heavy atom. The maximum Gasteiger partial charge on any atom is 0.419 e. The molecule has 0 unspecified atom stereocenters. The second-order valence-electron chi connectivity index (χ2n) is 6.70. The molecule has 0 amide bonds. The van der Waals surface area contributed by atoms with Crippen LogP contribution < -0.4 is 4.74 Å². The number of nitrogens with zero attached hydrogens (tertiary/aromatic N) is 1. The van der Waals surface area contributed by atoms with Crippen molar-refractivity contribution in [1.82, 2.24) is 4.57 Å². The van der Waals surface area contributed by atoms with Gasteiger partial charge < -0.3 is 9.47 Å². The lowest BCUT2D eigenvalue weighted by Crippen LogP contribution is -2.24. The van der Waals surface area contributed by atoms with Crippen LogP contribution in [0.5, 0.6) is 5.75 Å². The molecule has 23 heavy (non-hydrogen) atoms.